The summed E-state index contributed by atoms with van der Waals surface area (Å²) in [5.74, 6) is 0. The molecule has 0 aliphatic carbocycles. The van der Waals surface area contributed by atoms with Crippen molar-refractivity contribution < 1.29 is 32.3 Å². The predicted octanol–water partition coefficient (Wildman–Crippen LogP) is 5.18. The molecule has 0 aliphatic heterocycles. The summed E-state index contributed by atoms with van der Waals surface area (Å²) in [6, 6.07) is 0. The SMILES string of the molecule is CCCCCCCCCCOP(=O)(OCCCC)OP(=O)(O)O. The lowest BCUT2D eigenvalue weighted by atomic mass is 10.1. The molecule has 1 unspecified atom stereocenters. The number of hydrogen-bond acceptors (Lipinski definition) is 5. The van der Waals surface area contributed by atoms with Gasteiger partial charge >= 0.3 is 15.6 Å². The minimum atomic E-state index is -4.93. The third-order valence-corrected chi connectivity index (χ3v) is 5.85. The van der Waals surface area contributed by atoms with Crippen LogP contribution in [0.4, 0.5) is 0 Å². The van der Waals surface area contributed by atoms with Crippen molar-refractivity contribution in [2.75, 3.05) is 13.2 Å². The Morgan fingerprint density at radius 1 is 0.696 bits per heavy atom. The number of phosphoric acid groups is 2. The standard InChI is InChI=1S/C14H32O7P2/c1-3-5-7-8-9-10-11-12-14-20-23(18,19-13-6-4-2)21-22(15,16)17/h3-14H2,1-2H3,(H2,15,16,17). The van der Waals surface area contributed by atoms with Crippen LogP contribution in [0.15, 0.2) is 0 Å². The van der Waals surface area contributed by atoms with Crippen molar-refractivity contribution in [2.45, 2.75) is 78.1 Å². The monoisotopic (exact) mass is 374 g/mol. The highest BCUT2D eigenvalue weighted by Gasteiger charge is 2.35. The number of unbranched alkanes of at least 4 members (excludes halogenated alkanes) is 8. The van der Waals surface area contributed by atoms with Crippen LogP contribution in [0.3, 0.4) is 0 Å². The summed E-state index contributed by atoms with van der Waals surface area (Å²) in [6.45, 7) is 4.26. The van der Waals surface area contributed by atoms with Crippen LogP contribution < -0.4 is 0 Å². The van der Waals surface area contributed by atoms with Gasteiger partial charge in [-0.3, -0.25) is 9.05 Å². The summed E-state index contributed by atoms with van der Waals surface area (Å²) >= 11 is 0. The molecule has 0 radical (unpaired) electrons. The fourth-order valence-corrected chi connectivity index (χ4v) is 4.15. The zero-order valence-electron chi connectivity index (χ0n) is 14.3. The fraction of sp³-hybridized carbons (Fsp3) is 1.00. The van der Waals surface area contributed by atoms with Gasteiger partial charge in [-0.05, 0) is 12.8 Å². The number of rotatable bonds is 16. The Morgan fingerprint density at radius 3 is 1.61 bits per heavy atom. The van der Waals surface area contributed by atoms with Gasteiger partial charge in [0.1, 0.15) is 0 Å². The highest BCUT2D eigenvalue weighted by atomic mass is 31.3. The van der Waals surface area contributed by atoms with Crippen LogP contribution in [0.5, 0.6) is 0 Å². The Labute approximate surface area is 140 Å². The molecule has 23 heavy (non-hydrogen) atoms. The van der Waals surface area contributed by atoms with Gasteiger partial charge in [-0.25, -0.2) is 9.13 Å². The second-order valence-corrected chi connectivity index (χ2v) is 8.56. The molecule has 7 nitrogen and oxygen atoms in total. The van der Waals surface area contributed by atoms with E-state index < -0.39 is 15.6 Å². The summed E-state index contributed by atoms with van der Waals surface area (Å²) in [4.78, 5) is 17.6. The van der Waals surface area contributed by atoms with E-state index in [9.17, 15) is 9.13 Å². The maximum atomic E-state index is 12.2. The number of hydrogen-bond donors (Lipinski definition) is 2. The molecule has 0 aromatic rings. The second-order valence-electron chi connectivity index (χ2n) is 5.51. The minimum absolute atomic E-state index is 0.0746. The molecule has 0 saturated heterocycles. The van der Waals surface area contributed by atoms with Crippen LogP contribution in [0, 0.1) is 0 Å². The van der Waals surface area contributed by atoms with Crippen molar-refractivity contribution in [3.05, 3.63) is 0 Å². The van der Waals surface area contributed by atoms with E-state index in [1.54, 1.807) is 0 Å². The Morgan fingerprint density at radius 2 is 1.13 bits per heavy atom. The maximum Gasteiger partial charge on any atom is 0.483 e. The second kappa shape index (κ2) is 13.5. The van der Waals surface area contributed by atoms with Crippen LogP contribution in [-0.4, -0.2) is 23.0 Å². The molecular formula is C14H32O7P2. The van der Waals surface area contributed by atoms with E-state index in [1.807, 2.05) is 6.92 Å². The van der Waals surface area contributed by atoms with Gasteiger partial charge in [0.25, 0.3) is 0 Å². The molecule has 9 heteroatoms. The van der Waals surface area contributed by atoms with Gasteiger partial charge in [-0.15, -0.1) is 0 Å². The molecule has 0 spiro atoms. The quantitative estimate of drug-likeness (QED) is 0.283. The molecule has 0 aromatic heterocycles. The number of phosphoric ester groups is 1. The molecule has 0 heterocycles. The van der Waals surface area contributed by atoms with Crippen LogP contribution in [0.2, 0.25) is 0 Å². The summed E-state index contributed by atoms with van der Waals surface area (Å²) in [5.41, 5.74) is 0. The molecule has 1 atom stereocenters. The third kappa shape index (κ3) is 15.5. The molecule has 0 amide bonds. The average Bonchev–Trinajstić information content (AvgIpc) is 2.44. The Kier molecular flexibility index (Phi) is 13.7. The Bertz CT molecular complexity index is 370. The van der Waals surface area contributed by atoms with E-state index in [2.05, 4.69) is 11.2 Å². The molecule has 0 saturated carbocycles. The largest absolute Gasteiger partial charge is 0.483 e. The van der Waals surface area contributed by atoms with Crippen molar-refractivity contribution >= 4 is 15.6 Å². The minimum Gasteiger partial charge on any atom is -0.302 e. The molecule has 0 aliphatic rings. The van der Waals surface area contributed by atoms with Gasteiger partial charge in [0, 0.05) is 0 Å². The van der Waals surface area contributed by atoms with E-state index in [-0.39, 0.29) is 13.2 Å². The predicted molar refractivity (Wildman–Crippen MR) is 90.2 cm³/mol. The van der Waals surface area contributed by atoms with E-state index in [0.29, 0.717) is 12.8 Å². The first-order chi connectivity index (χ1) is 10.8. The van der Waals surface area contributed by atoms with Crippen molar-refractivity contribution in [1.82, 2.24) is 0 Å². The van der Waals surface area contributed by atoms with Gasteiger partial charge in [0.15, 0.2) is 0 Å². The van der Waals surface area contributed by atoms with Gasteiger partial charge in [0.2, 0.25) is 0 Å². The van der Waals surface area contributed by atoms with Crippen LogP contribution in [0.1, 0.15) is 78.1 Å². The van der Waals surface area contributed by atoms with Gasteiger partial charge in [-0.2, -0.15) is 4.31 Å². The van der Waals surface area contributed by atoms with Crippen LogP contribution in [-0.2, 0) is 22.5 Å². The van der Waals surface area contributed by atoms with E-state index in [0.717, 1.165) is 25.7 Å². The Balaban J connectivity index is 3.96. The molecule has 0 aromatic carbocycles. The van der Waals surface area contributed by atoms with E-state index >= 15 is 0 Å². The first-order valence-corrected chi connectivity index (χ1v) is 11.5. The van der Waals surface area contributed by atoms with Gasteiger partial charge in [0.05, 0.1) is 13.2 Å². The summed E-state index contributed by atoms with van der Waals surface area (Å²) in [6.07, 6.45) is 10.1. The lowest BCUT2D eigenvalue weighted by Gasteiger charge is -2.18. The summed E-state index contributed by atoms with van der Waals surface area (Å²) in [5, 5.41) is 0. The molecule has 0 fully saturated rings. The molecule has 0 bridgehead atoms. The molecule has 0 rings (SSSR count). The molecular weight excluding hydrogens is 342 g/mol. The zero-order valence-corrected chi connectivity index (χ0v) is 16.1. The Hall–Kier alpha value is 0.260. The van der Waals surface area contributed by atoms with Crippen molar-refractivity contribution in [3.63, 3.8) is 0 Å². The summed E-state index contributed by atoms with van der Waals surface area (Å²) in [7, 11) is -9.13. The normalized spacial score (nSPS) is 14.8. The smallest absolute Gasteiger partial charge is 0.302 e. The highest BCUT2D eigenvalue weighted by molar-refractivity contribution is 7.61. The first kappa shape index (κ1) is 23.3. The van der Waals surface area contributed by atoms with Crippen LogP contribution in [0.25, 0.3) is 0 Å². The third-order valence-electron chi connectivity index (χ3n) is 3.20. The molecule has 140 valence electrons. The topological polar surface area (TPSA) is 102 Å². The lowest BCUT2D eigenvalue weighted by Crippen LogP contribution is -2.02. The average molecular weight is 374 g/mol. The maximum absolute atomic E-state index is 12.2. The summed E-state index contributed by atoms with van der Waals surface area (Å²) < 4.78 is 37.2. The zero-order chi connectivity index (χ0) is 17.6. The van der Waals surface area contributed by atoms with Crippen molar-refractivity contribution in [2.24, 2.45) is 0 Å². The van der Waals surface area contributed by atoms with E-state index in [4.69, 9.17) is 18.8 Å². The van der Waals surface area contributed by atoms with Crippen LogP contribution >= 0.6 is 15.6 Å². The lowest BCUT2D eigenvalue weighted by molar-refractivity contribution is 0.136. The fourth-order valence-electron chi connectivity index (χ4n) is 1.95. The van der Waals surface area contributed by atoms with Crippen molar-refractivity contribution in [1.29, 1.82) is 0 Å². The van der Waals surface area contributed by atoms with Crippen molar-refractivity contribution in [3.8, 4) is 0 Å². The highest BCUT2D eigenvalue weighted by Crippen LogP contribution is 2.61. The molecule has 2 N–H and O–H groups in total. The first-order valence-electron chi connectivity index (χ1n) is 8.49. The van der Waals surface area contributed by atoms with Gasteiger partial charge in [-0.1, -0.05) is 65.2 Å². The van der Waals surface area contributed by atoms with E-state index in [1.165, 1.54) is 25.7 Å². The van der Waals surface area contributed by atoms with Gasteiger partial charge < -0.3 is 9.79 Å².